The fourth-order valence-electron chi connectivity index (χ4n) is 5.07. The maximum Gasteiger partial charge on any atom is 0.338 e. The first-order chi connectivity index (χ1) is 19.7. The third-order valence-electron chi connectivity index (χ3n) is 7.19. The molecule has 0 radical (unpaired) electrons. The number of carbonyl (C=O) groups is 2. The van der Waals surface area contributed by atoms with E-state index in [4.69, 9.17) is 14.2 Å². The molecule has 7 heteroatoms. The molecule has 0 amide bonds. The smallest absolute Gasteiger partial charge is 0.338 e. The van der Waals surface area contributed by atoms with Crippen LogP contribution >= 0.6 is 10.0 Å². The Bertz CT molecular complexity index is 1340. The van der Waals surface area contributed by atoms with Crippen molar-refractivity contribution in [1.29, 1.82) is 0 Å². The van der Waals surface area contributed by atoms with Gasteiger partial charge < -0.3 is 19.1 Å². The molecular weight excluding hydrogens is 534 g/mol. The molecule has 4 rings (SSSR count). The number of hydrogen-bond donors (Lipinski definition) is 0. The number of unbranched alkanes of at least 4 members (excludes halogenated alkanes) is 1. The highest BCUT2D eigenvalue weighted by Crippen LogP contribution is 2.52. The second-order valence-electron chi connectivity index (χ2n) is 11.1. The van der Waals surface area contributed by atoms with E-state index in [1.165, 1.54) is 30.3 Å². The summed E-state index contributed by atoms with van der Waals surface area (Å²) in [5, 5.41) is 0. The summed E-state index contributed by atoms with van der Waals surface area (Å²) in [6.45, 7) is 6.75. The number of carbonyl (C=O) groups excluding carboxylic acids is 2. The van der Waals surface area contributed by atoms with Crippen LogP contribution < -0.4 is 9.64 Å². The lowest BCUT2D eigenvalue weighted by atomic mass is 9.97. The first-order valence-electron chi connectivity index (χ1n) is 14.4. The van der Waals surface area contributed by atoms with Gasteiger partial charge in [0.15, 0.2) is 0 Å². The van der Waals surface area contributed by atoms with Crippen LogP contribution in [-0.4, -0.2) is 63.6 Å². The van der Waals surface area contributed by atoms with Crippen LogP contribution in [0, 0.1) is 0 Å². The Morgan fingerprint density at radius 3 is 2.12 bits per heavy atom. The van der Waals surface area contributed by atoms with Crippen molar-refractivity contribution < 1.29 is 23.8 Å². The lowest BCUT2D eigenvalue weighted by molar-refractivity contribution is -0.141. The fraction of sp³-hybridized carbons (Fsp3) is 0.412. The second-order valence-corrected chi connectivity index (χ2v) is 15.2. The average molecular weight is 578 g/mol. The van der Waals surface area contributed by atoms with Gasteiger partial charge in [0.25, 0.3) is 0 Å². The molecule has 6 nitrogen and oxygen atoms in total. The zero-order valence-corrected chi connectivity index (χ0v) is 25.9. The summed E-state index contributed by atoms with van der Waals surface area (Å²) in [6, 6.07) is 20.7. The number of hydrogen-bond acceptors (Lipinski definition) is 6. The molecule has 0 aromatic heterocycles. The molecule has 0 N–H and O–H groups in total. The molecule has 1 aliphatic heterocycles. The largest absolute Gasteiger partial charge is 0.493 e. The van der Waals surface area contributed by atoms with E-state index >= 15 is 0 Å². The van der Waals surface area contributed by atoms with Crippen LogP contribution in [-0.2, 0) is 14.3 Å². The van der Waals surface area contributed by atoms with E-state index in [2.05, 4.69) is 54.0 Å². The van der Waals surface area contributed by atoms with Crippen molar-refractivity contribution in [2.75, 3.05) is 56.6 Å². The van der Waals surface area contributed by atoms with E-state index in [1.807, 2.05) is 37.3 Å². The van der Waals surface area contributed by atoms with Gasteiger partial charge in [-0.2, -0.15) is 0 Å². The van der Waals surface area contributed by atoms with Crippen LogP contribution in [0.15, 0.2) is 65.6 Å². The van der Waals surface area contributed by atoms with Gasteiger partial charge >= 0.3 is 11.9 Å². The molecule has 0 atom stereocenters. The summed E-state index contributed by atoms with van der Waals surface area (Å²) in [5.74, 6) is 0.258. The fourth-order valence-corrected chi connectivity index (χ4v) is 6.37. The monoisotopic (exact) mass is 577 g/mol. The maximum atomic E-state index is 12.1. The molecule has 0 bridgehead atoms. The van der Waals surface area contributed by atoms with Crippen LogP contribution in [0.2, 0.25) is 0 Å². The highest BCUT2D eigenvalue weighted by Gasteiger charge is 2.22. The Balaban J connectivity index is 1.68. The van der Waals surface area contributed by atoms with Crippen molar-refractivity contribution >= 4 is 27.7 Å². The standard InChI is InChI=1S/C34H43NO5S/c1-6-38-34(37)27-13-11-26(12-14-27)28-16-18-32(40-22-10-9-21-39-25(2)36)30(23-28)29-15-17-31(35-19-7-8-20-35)33(24-29)41(3,4)5/h11-18,23-24H,6-10,19-22H2,1-5H3. The van der Waals surface area contributed by atoms with Crippen LogP contribution in [0.5, 0.6) is 5.75 Å². The number of anilines is 1. The Morgan fingerprint density at radius 2 is 1.46 bits per heavy atom. The molecule has 3 aromatic rings. The molecule has 1 aliphatic rings. The van der Waals surface area contributed by atoms with E-state index in [0.717, 1.165) is 53.9 Å². The zero-order valence-electron chi connectivity index (χ0n) is 25.0. The topological polar surface area (TPSA) is 65.1 Å². The molecule has 1 saturated heterocycles. The molecule has 0 aliphatic carbocycles. The number of nitrogens with zero attached hydrogens (tertiary/aromatic N) is 1. The van der Waals surface area contributed by atoms with Gasteiger partial charge in [0.1, 0.15) is 5.75 Å². The molecule has 0 unspecified atom stereocenters. The molecule has 0 spiro atoms. The van der Waals surface area contributed by atoms with Crippen molar-refractivity contribution in [1.82, 2.24) is 0 Å². The Kier molecular flexibility index (Phi) is 10.4. The van der Waals surface area contributed by atoms with E-state index < -0.39 is 10.0 Å². The molecule has 1 heterocycles. The highest BCUT2D eigenvalue weighted by molar-refractivity contribution is 8.32. The van der Waals surface area contributed by atoms with Crippen LogP contribution in [0.1, 0.15) is 49.9 Å². The van der Waals surface area contributed by atoms with E-state index in [9.17, 15) is 9.59 Å². The summed E-state index contributed by atoms with van der Waals surface area (Å²) >= 11 is 0. The van der Waals surface area contributed by atoms with Crippen molar-refractivity contribution in [3.63, 3.8) is 0 Å². The molecule has 3 aromatic carbocycles. The Hall–Kier alpha value is -3.45. The van der Waals surface area contributed by atoms with E-state index in [1.54, 1.807) is 0 Å². The summed E-state index contributed by atoms with van der Waals surface area (Å²) in [5.41, 5.74) is 6.13. The minimum atomic E-state index is -0.996. The first-order valence-corrected chi connectivity index (χ1v) is 17.3. The van der Waals surface area contributed by atoms with Crippen LogP contribution in [0.4, 0.5) is 5.69 Å². The molecule has 41 heavy (non-hydrogen) atoms. The number of rotatable bonds is 12. The van der Waals surface area contributed by atoms with Gasteiger partial charge in [-0.05, 0) is 104 Å². The van der Waals surface area contributed by atoms with Gasteiger partial charge in [-0.3, -0.25) is 4.79 Å². The van der Waals surface area contributed by atoms with E-state index in [-0.39, 0.29) is 11.9 Å². The second kappa shape index (κ2) is 13.9. The van der Waals surface area contributed by atoms with Crippen molar-refractivity contribution in [3.8, 4) is 28.0 Å². The van der Waals surface area contributed by atoms with E-state index in [0.29, 0.717) is 25.4 Å². The van der Waals surface area contributed by atoms with Gasteiger partial charge in [-0.25, -0.2) is 14.8 Å². The molecular formula is C34H43NO5S. The van der Waals surface area contributed by atoms with Crippen LogP contribution in [0.25, 0.3) is 22.3 Å². The van der Waals surface area contributed by atoms with Gasteiger partial charge in [0.2, 0.25) is 0 Å². The predicted molar refractivity (Wildman–Crippen MR) is 170 cm³/mol. The third kappa shape index (κ3) is 8.07. The number of esters is 2. The van der Waals surface area contributed by atoms with Gasteiger partial charge in [-0.15, -0.1) is 0 Å². The number of ether oxygens (including phenoxy) is 3. The quantitative estimate of drug-likeness (QED) is 0.163. The van der Waals surface area contributed by atoms with Crippen molar-refractivity contribution in [2.45, 2.75) is 44.4 Å². The predicted octanol–water partition coefficient (Wildman–Crippen LogP) is 7.57. The Labute approximate surface area is 246 Å². The van der Waals surface area contributed by atoms with Gasteiger partial charge in [0.05, 0.1) is 25.4 Å². The lowest BCUT2D eigenvalue weighted by Crippen LogP contribution is -2.19. The lowest BCUT2D eigenvalue weighted by Gasteiger charge is -2.33. The molecule has 0 saturated carbocycles. The average Bonchev–Trinajstić information content (AvgIpc) is 3.49. The highest BCUT2D eigenvalue weighted by atomic mass is 32.3. The van der Waals surface area contributed by atoms with Crippen LogP contribution in [0.3, 0.4) is 0 Å². The summed E-state index contributed by atoms with van der Waals surface area (Å²) in [6.07, 6.45) is 11.1. The molecule has 220 valence electrons. The van der Waals surface area contributed by atoms with Gasteiger partial charge in [-0.1, -0.05) is 24.3 Å². The van der Waals surface area contributed by atoms with Crippen molar-refractivity contribution in [2.24, 2.45) is 0 Å². The SMILES string of the molecule is CCOC(=O)c1ccc(-c2ccc(OCCCCOC(C)=O)c(-c3ccc(N4CCCC4)c(S(C)(C)C)c3)c2)cc1. The zero-order chi connectivity index (χ0) is 29.4. The summed E-state index contributed by atoms with van der Waals surface area (Å²) in [7, 11) is -0.996. The minimum absolute atomic E-state index is 0.256. The number of benzene rings is 3. The van der Waals surface area contributed by atoms with Gasteiger partial charge in [0, 0.05) is 36.2 Å². The summed E-state index contributed by atoms with van der Waals surface area (Å²) < 4.78 is 16.5. The van der Waals surface area contributed by atoms with Crippen molar-refractivity contribution in [3.05, 3.63) is 66.2 Å². The normalized spacial score (nSPS) is 13.6. The molecule has 1 fully saturated rings. The Morgan fingerprint density at radius 1 is 0.805 bits per heavy atom. The minimum Gasteiger partial charge on any atom is -0.493 e. The maximum absolute atomic E-state index is 12.1. The first kappa shape index (κ1) is 30.5. The summed E-state index contributed by atoms with van der Waals surface area (Å²) in [4.78, 5) is 27.1. The third-order valence-corrected chi connectivity index (χ3v) is 8.83.